The van der Waals surface area contributed by atoms with Crippen molar-refractivity contribution < 1.29 is 14.6 Å². The molecule has 1 saturated heterocycles. The highest BCUT2D eigenvalue weighted by Crippen LogP contribution is 2.18. The van der Waals surface area contributed by atoms with Gasteiger partial charge in [-0.15, -0.1) is 0 Å². The molecule has 2 heterocycles. The van der Waals surface area contributed by atoms with Gasteiger partial charge in [-0.2, -0.15) is 0 Å². The molecule has 0 amide bonds. The lowest BCUT2D eigenvalue weighted by Crippen LogP contribution is -2.46. The van der Waals surface area contributed by atoms with Gasteiger partial charge in [-0.25, -0.2) is 4.98 Å². The molecule has 0 spiro atoms. The van der Waals surface area contributed by atoms with Gasteiger partial charge in [0.05, 0.1) is 12.3 Å². The normalized spacial score (nSPS) is 24.0. The number of β-amino-alcohol motifs (C(OH)–C–C–N with tert-alkyl or cyclic N) is 1. The fraction of sp³-hybridized carbons (Fsp3) is 0.615. The van der Waals surface area contributed by atoms with Crippen LogP contribution in [0.1, 0.15) is 20.3 Å². The van der Waals surface area contributed by atoms with E-state index in [1.165, 1.54) is 0 Å². The fourth-order valence-electron chi connectivity index (χ4n) is 1.89. The molecule has 0 saturated carbocycles. The topological polar surface area (TPSA) is 63.6 Å². The Balaban J connectivity index is 1.93. The number of ether oxygens (including phenoxy) is 2. The second-order valence-corrected chi connectivity index (χ2v) is 4.72. The number of aliphatic hydroxyl groups is 1. The molecule has 0 aromatic carbocycles. The quantitative estimate of drug-likeness (QED) is 0.836. The minimum Gasteiger partial charge on any atom is -0.489 e. The SMILES string of the molecule is CC(C)Oc1ccc(O[C@H]2CCNC[C@@H]2O)nc1. The van der Waals surface area contributed by atoms with Crippen molar-refractivity contribution in [1.29, 1.82) is 0 Å². The van der Waals surface area contributed by atoms with E-state index in [1.54, 1.807) is 12.3 Å². The molecule has 18 heavy (non-hydrogen) atoms. The molecule has 0 aliphatic carbocycles. The Morgan fingerprint density at radius 1 is 1.44 bits per heavy atom. The molecule has 2 atom stereocenters. The van der Waals surface area contributed by atoms with Crippen LogP contribution in [0.4, 0.5) is 0 Å². The monoisotopic (exact) mass is 252 g/mol. The summed E-state index contributed by atoms with van der Waals surface area (Å²) in [6, 6.07) is 3.60. The lowest BCUT2D eigenvalue weighted by atomic mass is 10.1. The molecule has 100 valence electrons. The summed E-state index contributed by atoms with van der Waals surface area (Å²) < 4.78 is 11.2. The van der Waals surface area contributed by atoms with Crippen LogP contribution in [-0.4, -0.2) is 41.5 Å². The summed E-state index contributed by atoms with van der Waals surface area (Å²) >= 11 is 0. The van der Waals surface area contributed by atoms with Gasteiger partial charge >= 0.3 is 0 Å². The maximum absolute atomic E-state index is 9.76. The minimum absolute atomic E-state index is 0.129. The van der Waals surface area contributed by atoms with E-state index in [-0.39, 0.29) is 12.2 Å². The number of aliphatic hydroxyl groups excluding tert-OH is 1. The highest BCUT2D eigenvalue weighted by molar-refractivity contribution is 5.23. The lowest BCUT2D eigenvalue weighted by Gasteiger charge is -2.28. The molecule has 0 radical (unpaired) electrons. The zero-order valence-corrected chi connectivity index (χ0v) is 10.8. The summed E-state index contributed by atoms with van der Waals surface area (Å²) in [4.78, 5) is 4.18. The molecule has 1 aromatic heterocycles. The van der Waals surface area contributed by atoms with Crippen molar-refractivity contribution in [1.82, 2.24) is 10.3 Å². The molecular weight excluding hydrogens is 232 g/mol. The van der Waals surface area contributed by atoms with Crippen LogP contribution >= 0.6 is 0 Å². The number of nitrogens with one attached hydrogen (secondary N) is 1. The number of rotatable bonds is 4. The highest BCUT2D eigenvalue weighted by Gasteiger charge is 2.24. The van der Waals surface area contributed by atoms with E-state index < -0.39 is 6.10 Å². The molecule has 0 bridgehead atoms. The molecule has 1 fully saturated rings. The van der Waals surface area contributed by atoms with Crippen molar-refractivity contribution in [2.45, 2.75) is 38.6 Å². The molecular formula is C13H20N2O3. The fourth-order valence-corrected chi connectivity index (χ4v) is 1.89. The molecule has 1 aliphatic rings. The average Bonchev–Trinajstić information content (AvgIpc) is 2.34. The van der Waals surface area contributed by atoms with Crippen molar-refractivity contribution in [3.05, 3.63) is 18.3 Å². The summed E-state index contributed by atoms with van der Waals surface area (Å²) in [7, 11) is 0. The largest absolute Gasteiger partial charge is 0.489 e. The lowest BCUT2D eigenvalue weighted by molar-refractivity contribution is 0.0137. The summed E-state index contributed by atoms with van der Waals surface area (Å²) in [6.07, 6.45) is 1.89. The molecule has 2 rings (SSSR count). The maximum atomic E-state index is 9.76. The molecule has 0 unspecified atom stereocenters. The van der Waals surface area contributed by atoms with Gasteiger partial charge in [-0.3, -0.25) is 0 Å². The maximum Gasteiger partial charge on any atom is 0.213 e. The Labute approximate surface area is 107 Å². The van der Waals surface area contributed by atoms with Gasteiger partial charge in [0.25, 0.3) is 0 Å². The van der Waals surface area contributed by atoms with E-state index in [9.17, 15) is 5.11 Å². The third kappa shape index (κ3) is 3.58. The van der Waals surface area contributed by atoms with Crippen molar-refractivity contribution in [2.24, 2.45) is 0 Å². The van der Waals surface area contributed by atoms with Crippen LogP contribution in [0.15, 0.2) is 18.3 Å². The summed E-state index contributed by atoms with van der Waals surface area (Å²) in [5, 5.41) is 12.9. The number of hydrogen-bond donors (Lipinski definition) is 2. The molecule has 2 N–H and O–H groups in total. The van der Waals surface area contributed by atoms with Crippen LogP contribution in [0.3, 0.4) is 0 Å². The molecule has 5 heteroatoms. The van der Waals surface area contributed by atoms with Crippen LogP contribution in [0.2, 0.25) is 0 Å². The first-order valence-corrected chi connectivity index (χ1v) is 6.33. The van der Waals surface area contributed by atoms with E-state index >= 15 is 0 Å². The third-order valence-electron chi connectivity index (χ3n) is 2.74. The van der Waals surface area contributed by atoms with E-state index in [2.05, 4.69) is 10.3 Å². The Kier molecular flexibility index (Phi) is 4.38. The van der Waals surface area contributed by atoms with Crippen molar-refractivity contribution in [3.63, 3.8) is 0 Å². The first-order chi connectivity index (χ1) is 8.65. The number of aromatic nitrogens is 1. The second kappa shape index (κ2) is 6.02. The summed E-state index contributed by atoms with van der Waals surface area (Å²) in [6.45, 7) is 5.36. The van der Waals surface area contributed by atoms with E-state index in [0.717, 1.165) is 18.7 Å². The van der Waals surface area contributed by atoms with E-state index in [4.69, 9.17) is 9.47 Å². The van der Waals surface area contributed by atoms with Crippen LogP contribution in [0.5, 0.6) is 11.6 Å². The molecule has 5 nitrogen and oxygen atoms in total. The zero-order chi connectivity index (χ0) is 13.0. The molecule has 1 aliphatic heterocycles. The van der Waals surface area contributed by atoms with Gasteiger partial charge in [-0.1, -0.05) is 0 Å². The number of nitrogens with zero attached hydrogens (tertiary/aromatic N) is 1. The zero-order valence-electron chi connectivity index (χ0n) is 10.8. The summed E-state index contributed by atoms with van der Waals surface area (Å²) in [5.41, 5.74) is 0. The Morgan fingerprint density at radius 2 is 2.28 bits per heavy atom. The number of piperidine rings is 1. The van der Waals surface area contributed by atoms with Crippen LogP contribution in [-0.2, 0) is 0 Å². The average molecular weight is 252 g/mol. The number of pyridine rings is 1. The van der Waals surface area contributed by atoms with Crippen molar-refractivity contribution in [3.8, 4) is 11.6 Å². The Morgan fingerprint density at radius 3 is 2.89 bits per heavy atom. The summed E-state index contributed by atoms with van der Waals surface area (Å²) in [5.74, 6) is 1.25. The van der Waals surface area contributed by atoms with Crippen LogP contribution < -0.4 is 14.8 Å². The molecule has 1 aromatic rings. The Bertz CT molecular complexity index is 367. The smallest absolute Gasteiger partial charge is 0.213 e. The van der Waals surface area contributed by atoms with E-state index in [0.29, 0.717) is 12.4 Å². The van der Waals surface area contributed by atoms with Gasteiger partial charge in [0.1, 0.15) is 18.0 Å². The van der Waals surface area contributed by atoms with Crippen molar-refractivity contribution in [2.75, 3.05) is 13.1 Å². The second-order valence-electron chi connectivity index (χ2n) is 4.72. The van der Waals surface area contributed by atoms with Gasteiger partial charge in [0, 0.05) is 12.6 Å². The number of hydrogen-bond acceptors (Lipinski definition) is 5. The standard InChI is InChI=1S/C13H20N2O3/c1-9(2)17-10-3-4-13(15-7-10)18-12-5-6-14-8-11(12)16/h3-4,7,9,11-12,14,16H,5-6,8H2,1-2H3/t11-,12-/m0/s1. The third-order valence-corrected chi connectivity index (χ3v) is 2.74. The predicted molar refractivity (Wildman–Crippen MR) is 67.9 cm³/mol. The van der Waals surface area contributed by atoms with Gasteiger partial charge in [-0.05, 0) is 32.9 Å². The highest BCUT2D eigenvalue weighted by atomic mass is 16.5. The van der Waals surface area contributed by atoms with Crippen LogP contribution in [0, 0.1) is 0 Å². The van der Waals surface area contributed by atoms with Gasteiger partial charge in [0.15, 0.2) is 0 Å². The minimum atomic E-state index is -0.479. The van der Waals surface area contributed by atoms with Crippen LogP contribution in [0.25, 0.3) is 0 Å². The Hall–Kier alpha value is -1.33. The first kappa shape index (κ1) is 13.1. The van der Waals surface area contributed by atoms with Crippen molar-refractivity contribution >= 4 is 0 Å². The van der Waals surface area contributed by atoms with Gasteiger partial charge in [0.2, 0.25) is 5.88 Å². The van der Waals surface area contributed by atoms with Gasteiger partial charge < -0.3 is 19.9 Å². The predicted octanol–water partition coefficient (Wildman–Crippen LogP) is 0.970. The first-order valence-electron chi connectivity index (χ1n) is 6.33. The van der Waals surface area contributed by atoms with E-state index in [1.807, 2.05) is 19.9 Å².